The minimum absolute atomic E-state index is 0.0624. The zero-order chi connectivity index (χ0) is 18.7. The van der Waals surface area contributed by atoms with Crippen LogP contribution in [0.3, 0.4) is 0 Å². The first-order chi connectivity index (χ1) is 12.0. The molecule has 1 aliphatic rings. The highest BCUT2D eigenvalue weighted by atomic mass is 16.4. The molecule has 0 aromatic rings. The van der Waals surface area contributed by atoms with Gasteiger partial charge in [0.2, 0.25) is 0 Å². The number of carbonyl (C=O) groups is 3. The van der Waals surface area contributed by atoms with Gasteiger partial charge in [-0.15, -0.1) is 0 Å². The van der Waals surface area contributed by atoms with Gasteiger partial charge in [-0.1, -0.05) is 45.1 Å². The maximum absolute atomic E-state index is 12.1. The van der Waals surface area contributed by atoms with Crippen molar-refractivity contribution in [2.75, 3.05) is 0 Å². The summed E-state index contributed by atoms with van der Waals surface area (Å²) in [4.78, 5) is 34.4. The molecule has 0 heterocycles. The van der Waals surface area contributed by atoms with Crippen LogP contribution >= 0.6 is 0 Å². The number of carboxylic acids is 1. The summed E-state index contributed by atoms with van der Waals surface area (Å²) in [6, 6.07) is 0. The fraction of sp³-hybridized carbons (Fsp3) is 0.750. The van der Waals surface area contributed by atoms with E-state index in [-0.39, 0.29) is 36.2 Å². The predicted molar refractivity (Wildman–Crippen MR) is 96.2 cm³/mol. The molecule has 1 rings (SSSR count). The van der Waals surface area contributed by atoms with Crippen LogP contribution in [-0.4, -0.2) is 33.9 Å². The van der Waals surface area contributed by atoms with E-state index in [1.165, 1.54) is 0 Å². The Labute approximate surface area is 150 Å². The number of allylic oxidation sites excluding steroid dienone is 1. The fourth-order valence-electron chi connectivity index (χ4n) is 3.44. The van der Waals surface area contributed by atoms with Crippen LogP contribution in [0.15, 0.2) is 12.2 Å². The van der Waals surface area contributed by atoms with E-state index in [4.69, 9.17) is 5.11 Å². The number of hydrogen-bond donors (Lipinski definition) is 2. The van der Waals surface area contributed by atoms with E-state index in [2.05, 4.69) is 6.92 Å². The van der Waals surface area contributed by atoms with Crippen LogP contribution in [-0.2, 0) is 14.4 Å². The predicted octanol–water partition coefficient (Wildman–Crippen LogP) is 3.68. The minimum Gasteiger partial charge on any atom is -0.481 e. The van der Waals surface area contributed by atoms with Crippen molar-refractivity contribution < 1.29 is 24.6 Å². The largest absolute Gasteiger partial charge is 0.481 e. The normalized spacial score (nSPS) is 23.4. The van der Waals surface area contributed by atoms with Gasteiger partial charge in [0.1, 0.15) is 5.78 Å². The van der Waals surface area contributed by atoms with Gasteiger partial charge < -0.3 is 10.2 Å². The van der Waals surface area contributed by atoms with E-state index in [9.17, 15) is 19.5 Å². The Hall–Kier alpha value is -1.49. The average molecular weight is 352 g/mol. The lowest BCUT2D eigenvalue weighted by Crippen LogP contribution is -2.19. The standard InChI is InChI=1S/C20H32O5/c1-2-3-6-9-15(21)12-13-17-16(18(22)14-19(17)23)10-7-4-5-8-11-20(24)25/h12-13,16-17,19,23H,2-11,14H2,1H3,(H,24,25)/t16-,17-,19-/m0/s1. The SMILES string of the molecule is CCCCCC(=O)C=C[C@H]1[C@H](CCCCCCC(=O)O)C(=O)C[C@@H]1O. The number of carboxylic acid groups (broad SMARTS) is 1. The molecule has 0 aliphatic heterocycles. The van der Waals surface area contributed by atoms with Crippen LogP contribution < -0.4 is 0 Å². The third-order valence-corrected chi connectivity index (χ3v) is 4.92. The minimum atomic E-state index is -0.775. The van der Waals surface area contributed by atoms with Gasteiger partial charge in [0, 0.05) is 31.1 Å². The van der Waals surface area contributed by atoms with Crippen molar-refractivity contribution in [3.05, 3.63) is 12.2 Å². The molecule has 1 saturated carbocycles. The molecule has 25 heavy (non-hydrogen) atoms. The number of Topliss-reactive ketones (excluding diaryl/α,β-unsaturated/α-hetero) is 1. The Balaban J connectivity index is 2.40. The highest BCUT2D eigenvalue weighted by Gasteiger charge is 2.39. The molecule has 0 aromatic carbocycles. The molecule has 0 bridgehead atoms. The lowest BCUT2D eigenvalue weighted by Gasteiger charge is -2.17. The van der Waals surface area contributed by atoms with Crippen molar-refractivity contribution in [2.45, 2.75) is 83.7 Å². The van der Waals surface area contributed by atoms with Crippen molar-refractivity contribution in [1.82, 2.24) is 0 Å². The van der Waals surface area contributed by atoms with E-state index >= 15 is 0 Å². The summed E-state index contributed by atoms with van der Waals surface area (Å²) >= 11 is 0. The van der Waals surface area contributed by atoms with E-state index in [0.29, 0.717) is 19.3 Å². The third kappa shape index (κ3) is 8.43. The summed E-state index contributed by atoms with van der Waals surface area (Å²) in [6.45, 7) is 2.09. The Bertz CT molecular complexity index is 469. The molecular formula is C20H32O5. The van der Waals surface area contributed by atoms with Crippen LogP contribution in [0.1, 0.15) is 77.6 Å². The molecule has 0 spiro atoms. The van der Waals surface area contributed by atoms with Crippen LogP contribution in [0.4, 0.5) is 0 Å². The quantitative estimate of drug-likeness (QED) is 0.390. The maximum atomic E-state index is 12.1. The lowest BCUT2D eigenvalue weighted by atomic mass is 9.88. The van der Waals surface area contributed by atoms with Crippen LogP contribution in [0.2, 0.25) is 0 Å². The fourth-order valence-corrected chi connectivity index (χ4v) is 3.44. The molecule has 1 aliphatic carbocycles. The maximum Gasteiger partial charge on any atom is 0.303 e. The van der Waals surface area contributed by atoms with Gasteiger partial charge in [0.25, 0.3) is 0 Å². The van der Waals surface area contributed by atoms with Crippen LogP contribution in [0.5, 0.6) is 0 Å². The molecule has 5 heteroatoms. The molecule has 0 amide bonds. The van der Waals surface area contributed by atoms with Gasteiger partial charge in [-0.2, -0.15) is 0 Å². The number of aliphatic carboxylic acids is 1. The first-order valence-corrected chi connectivity index (χ1v) is 9.59. The first-order valence-electron chi connectivity index (χ1n) is 9.59. The molecule has 0 saturated heterocycles. The van der Waals surface area contributed by atoms with Gasteiger partial charge >= 0.3 is 5.97 Å². The number of ketones is 2. The van der Waals surface area contributed by atoms with Crippen molar-refractivity contribution in [2.24, 2.45) is 11.8 Å². The summed E-state index contributed by atoms with van der Waals surface area (Å²) in [7, 11) is 0. The summed E-state index contributed by atoms with van der Waals surface area (Å²) < 4.78 is 0. The highest BCUT2D eigenvalue weighted by Crippen LogP contribution is 2.34. The second kappa shape index (κ2) is 12.0. The zero-order valence-electron chi connectivity index (χ0n) is 15.3. The molecule has 1 fully saturated rings. The Morgan fingerprint density at radius 2 is 1.76 bits per heavy atom. The Kier molecular flexibility index (Phi) is 10.3. The van der Waals surface area contributed by atoms with E-state index in [0.717, 1.165) is 38.5 Å². The highest BCUT2D eigenvalue weighted by molar-refractivity contribution is 5.90. The van der Waals surface area contributed by atoms with Crippen LogP contribution in [0.25, 0.3) is 0 Å². The second-order valence-electron chi connectivity index (χ2n) is 7.05. The number of aliphatic hydroxyl groups excluding tert-OH is 1. The summed E-state index contributed by atoms with van der Waals surface area (Å²) in [6.07, 6.45) is 10.4. The first kappa shape index (κ1) is 21.6. The van der Waals surface area contributed by atoms with Gasteiger partial charge in [-0.05, 0) is 25.3 Å². The van der Waals surface area contributed by atoms with Gasteiger partial charge in [-0.3, -0.25) is 14.4 Å². The Morgan fingerprint density at radius 3 is 2.44 bits per heavy atom. The van der Waals surface area contributed by atoms with Crippen molar-refractivity contribution in [3.63, 3.8) is 0 Å². The number of carbonyl (C=O) groups excluding carboxylic acids is 2. The molecule has 2 N–H and O–H groups in total. The molecule has 3 atom stereocenters. The summed E-state index contributed by atoms with van der Waals surface area (Å²) in [5.41, 5.74) is 0. The Morgan fingerprint density at radius 1 is 1.08 bits per heavy atom. The van der Waals surface area contributed by atoms with Crippen molar-refractivity contribution in [1.29, 1.82) is 0 Å². The molecular weight excluding hydrogens is 320 g/mol. The number of hydrogen-bond acceptors (Lipinski definition) is 4. The average Bonchev–Trinajstić information content (AvgIpc) is 2.82. The molecule has 0 aromatic heterocycles. The van der Waals surface area contributed by atoms with Gasteiger partial charge in [-0.25, -0.2) is 0 Å². The second-order valence-corrected chi connectivity index (χ2v) is 7.05. The summed E-state index contributed by atoms with van der Waals surface area (Å²) in [5, 5.41) is 18.7. The molecule has 142 valence electrons. The number of rotatable bonds is 13. The monoisotopic (exact) mass is 352 g/mol. The number of aliphatic hydroxyl groups is 1. The van der Waals surface area contributed by atoms with Crippen molar-refractivity contribution >= 4 is 17.5 Å². The zero-order valence-corrected chi connectivity index (χ0v) is 15.3. The summed E-state index contributed by atoms with van der Waals surface area (Å²) in [5.74, 6) is -1.11. The topological polar surface area (TPSA) is 91.7 Å². The third-order valence-electron chi connectivity index (χ3n) is 4.92. The molecule has 0 unspecified atom stereocenters. The van der Waals surface area contributed by atoms with E-state index in [1.807, 2.05) is 0 Å². The lowest BCUT2D eigenvalue weighted by molar-refractivity contribution is -0.137. The van der Waals surface area contributed by atoms with Crippen LogP contribution in [0, 0.1) is 11.8 Å². The number of unbranched alkanes of at least 4 members (excludes halogenated alkanes) is 5. The van der Waals surface area contributed by atoms with Gasteiger partial charge in [0.15, 0.2) is 5.78 Å². The van der Waals surface area contributed by atoms with E-state index in [1.54, 1.807) is 12.2 Å². The smallest absolute Gasteiger partial charge is 0.303 e. The molecule has 5 nitrogen and oxygen atoms in total. The van der Waals surface area contributed by atoms with Gasteiger partial charge in [0.05, 0.1) is 6.10 Å². The van der Waals surface area contributed by atoms with E-state index < -0.39 is 12.1 Å². The molecule has 0 radical (unpaired) electrons. The van der Waals surface area contributed by atoms with Crippen molar-refractivity contribution in [3.8, 4) is 0 Å².